The summed E-state index contributed by atoms with van der Waals surface area (Å²) in [4.78, 5) is 25.7. The van der Waals surface area contributed by atoms with Crippen LogP contribution in [-0.4, -0.2) is 44.5 Å². The number of aryl methyl sites for hydroxylation is 2. The summed E-state index contributed by atoms with van der Waals surface area (Å²) in [7, 11) is 1.63. The van der Waals surface area contributed by atoms with Crippen LogP contribution in [0.25, 0.3) is 16.7 Å². The quantitative estimate of drug-likeness (QED) is 0.326. The van der Waals surface area contributed by atoms with Crippen LogP contribution in [0.15, 0.2) is 52.4 Å². The molecule has 0 bridgehead atoms. The van der Waals surface area contributed by atoms with Crippen LogP contribution >= 0.6 is 11.8 Å². The SMILES string of the molecule is COCCCn1c(=O)c2ccccc2n2c(SCC(=O)Nc3cccc(C)c3C)nnc12. The monoisotopic (exact) mass is 451 g/mol. The Bertz CT molecular complexity index is 1340. The summed E-state index contributed by atoms with van der Waals surface area (Å²) < 4.78 is 8.60. The summed E-state index contributed by atoms with van der Waals surface area (Å²) in [6, 6.07) is 13.2. The molecule has 0 spiro atoms. The number of aromatic nitrogens is 4. The molecule has 9 heteroatoms. The number of benzene rings is 2. The lowest BCUT2D eigenvalue weighted by atomic mass is 10.1. The van der Waals surface area contributed by atoms with Crippen LogP contribution in [0.2, 0.25) is 0 Å². The van der Waals surface area contributed by atoms with Gasteiger partial charge >= 0.3 is 0 Å². The Kier molecular flexibility index (Phi) is 6.57. The zero-order valence-corrected chi connectivity index (χ0v) is 19.1. The van der Waals surface area contributed by atoms with Gasteiger partial charge in [-0.1, -0.05) is 36.0 Å². The summed E-state index contributed by atoms with van der Waals surface area (Å²) >= 11 is 1.29. The van der Waals surface area contributed by atoms with Crippen molar-refractivity contribution in [1.29, 1.82) is 0 Å². The van der Waals surface area contributed by atoms with Crippen LogP contribution in [0, 0.1) is 13.8 Å². The predicted octanol–water partition coefficient (Wildman–Crippen LogP) is 3.43. The van der Waals surface area contributed by atoms with E-state index in [1.54, 1.807) is 17.7 Å². The molecule has 2 heterocycles. The van der Waals surface area contributed by atoms with Crippen molar-refractivity contribution in [3.8, 4) is 0 Å². The van der Waals surface area contributed by atoms with Gasteiger partial charge in [0.25, 0.3) is 5.56 Å². The second kappa shape index (κ2) is 9.54. The van der Waals surface area contributed by atoms with Crippen molar-refractivity contribution in [2.24, 2.45) is 0 Å². The van der Waals surface area contributed by atoms with Gasteiger partial charge in [0.15, 0.2) is 5.16 Å². The highest BCUT2D eigenvalue weighted by molar-refractivity contribution is 7.99. The van der Waals surface area contributed by atoms with Gasteiger partial charge < -0.3 is 10.1 Å². The fourth-order valence-electron chi connectivity index (χ4n) is 3.60. The molecule has 32 heavy (non-hydrogen) atoms. The van der Waals surface area contributed by atoms with E-state index in [4.69, 9.17) is 4.74 Å². The smallest absolute Gasteiger partial charge is 0.262 e. The maximum atomic E-state index is 13.0. The van der Waals surface area contributed by atoms with E-state index in [1.165, 1.54) is 11.8 Å². The average molecular weight is 452 g/mol. The number of rotatable bonds is 8. The Hall–Kier alpha value is -3.17. The molecule has 0 aliphatic heterocycles. The molecular formula is C23H25N5O3S. The largest absolute Gasteiger partial charge is 0.385 e. The van der Waals surface area contributed by atoms with Crippen LogP contribution in [0.3, 0.4) is 0 Å². The first-order valence-electron chi connectivity index (χ1n) is 10.4. The molecule has 166 valence electrons. The summed E-state index contributed by atoms with van der Waals surface area (Å²) in [5, 5.41) is 12.7. The highest BCUT2D eigenvalue weighted by Gasteiger charge is 2.17. The number of fused-ring (bicyclic) bond motifs is 3. The van der Waals surface area contributed by atoms with Gasteiger partial charge in [-0.3, -0.25) is 18.6 Å². The van der Waals surface area contributed by atoms with E-state index in [-0.39, 0.29) is 17.2 Å². The zero-order valence-electron chi connectivity index (χ0n) is 18.3. The maximum Gasteiger partial charge on any atom is 0.262 e. The number of nitrogens with one attached hydrogen (secondary N) is 1. The number of para-hydroxylation sites is 1. The number of methoxy groups -OCH3 is 1. The fraction of sp³-hybridized carbons (Fsp3) is 0.304. The third-order valence-electron chi connectivity index (χ3n) is 5.42. The minimum absolute atomic E-state index is 0.110. The van der Waals surface area contributed by atoms with Gasteiger partial charge in [-0.2, -0.15) is 0 Å². The number of thioether (sulfide) groups is 1. The molecule has 1 amide bonds. The Morgan fingerprint density at radius 3 is 2.75 bits per heavy atom. The first kappa shape index (κ1) is 22.0. The number of carbonyl (C=O) groups is 1. The van der Waals surface area contributed by atoms with Gasteiger partial charge in [-0.05, 0) is 49.6 Å². The first-order chi connectivity index (χ1) is 15.5. The van der Waals surface area contributed by atoms with E-state index in [9.17, 15) is 9.59 Å². The van der Waals surface area contributed by atoms with E-state index < -0.39 is 0 Å². The molecule has 0 aliphatic carbocycles. The standard InChI is InChI=1S/C23H25N5O3S/c1-15-8-6-10-18(16(15)2)24-20(29)14-32-23-26-25-22-27(12-7-13-31-3)21(30)17-9-4-5-11-19(17)28(22)23/h4-6,8-11H,7,12-14H2,1-3H3,(H,24,29). The van der Waals surface area contributed by atoms with Crippen LogP contribution in [-0.2, 0) is 16.1 Å². The highest BCUT2D eigenvalue weighted by atomic mass is 32.2. The molecule has 0 fully saturated rings. The number of ether oxygens (including phenoxy) is 1. The maximum absolute atomic E-state index is 13.0. The fourth-order valence-corrected chi connectivity index (χ4v) is 4.34. The van der Waals surface area contributed by atoms with Crippen LogP contribution in [0.5, 0.6) is 0 Å². The number of hydrogen-bond acceptors (Lipinski definition) is 6. The summed E-state index contributed by atoms with van der Waals surface area (Å²) in [6.07, 6.45) is 0.679. The lowest BCUT2D eigenvalue weighted by molar-refractivity contribution is -0.113. The summed E-state index contributed by atoms with van der Waals surface area (Å²) in [5.41, 5.74) is 3.58. The molecule has 0 saturated heterocycles. The van der Waals surface area contributed by atoms with E-state index in [2.05, 4.69) is 15.5 Å². The molecule has 1 N–H and O–H groups in total. The minimum atomic E-state index is -0.127. The van der Waals surface area contributed by atoms with E-state index in [0.717, 1.165) is 22.3 Å². The highest BCUT2D eigenvalue weighted by Crippen LogP contribution is 2.23. The third kappa shape index (κ3) is 4.26. The topological polar surface area (TPSA) is 90.5 Å². The second-order valence-corrected chi connectivity index (χ2v) is 8.47. The van der Waals surface area contributed by atoms with Crippen molar-refractivity contribution >= 4 is 40.0 Å². The lowest BCUT2D eigenvalue weighted by Crippen LogP contribution is -2.24. The number of amides is 1. The Morgan fingerprint density at radius 2 is 1.94 bits per heavy atom. The molecule has 0 unspecified atom stereocenters. The molecule has 4 rings (SSSR count). The van der Waals surface area contributed by atoms with Gasteiger partial charge in [0, 0.05) is 25.9 Å². The van der Waals surface area contributed by atoms with Crippen molar-refractivity contribution < 1.29 is 9.53 Å². The minimum Gasteiger partial charge on any atom is -0.385 e. The number of nitrogens with zero attached hydrogens (tertiary/aromatic N) is 4. The predicted molar refractivity (Wildman–Crippen MR) is 127 cm³/mol. The van der Waals surface area contributed by atoms with Crippen molar-refractivity contribution in [2.75, 3.05) is 24.8 Å². The van der Waals surface area contributed by atoms with Crippen LogP contribution < -0.4 is 10.9 Å². The first-order valence-corrected chi connectivity index (χ1v) is 11.3. The molecule has 0 aliphatic rings. The molecule has 0 atom stereocenters. The van der Waals surface area contributed by atoms with Crippen molar-refractivity contribution in [3.63, 3.8) is 0 Å². The average Bonchev–Trinajstić information content (AvgIpc) is 3.22. The van der Waals surface area contributed by atoms with Gasteiger partial charge in [0.2, 0.25) is 11.7 Å². The van der Waals surface area contributed by atoms with Crippen molar-refractivity contribution in [1.82, 2.24) is 19.2 Å². The summed E-state index contributed by atoms with van der Waals surface area (Å²) in [5.74, 6) is 0.506. The molecule has 0 saturated carbocycles. The molecule has 2 aromatic heterocycles. The van der Waals surface area contributed by atoms with E-state index in [0.29, 0.717) is 35.9 Å². The van der Waals surface area contributed by atoms with Crippen molar-refractivity contribution in [3.05, 3.63) is 63.9 Å². The van der Waals surface area contributed by atoms with Gasteiger partial charge in [-0.25, -0.2) is 0 Å². The third-order valence-corrected chi connectivity index (χ3v) is 6.35. The Balaban J connectivity index is 1.64. The van der Waals surface area contributed by atoms with E-state index >= 15 is 0 Å². The summed E-state index contributed by atoms with van der Waals surface area (Å²) in [6.45, 7) is 5.01. The molecular weight excluding hydrogens is 426 g/mol. The van der Waals surface area contributed by atoms with Gasteiger partial charge in [0.05, 0.1) is 16.7 Å². The van der Waals surface area contributed by atoms with E-state index in [1.807, 2.05) is 54.6 Å². The van der Waals surface area contributed by atoms with Crippen LogP contribution in [0.4, 0.5) is 5.69 Å². The number of carbonyl (C=O) groups excluding carboxylic acids is 1. The molecule has 8 nitrogen and oxygen atoms in total. The number of hydrogen-bond donors (Lipinski definition) is 1. The zero-order chi connectivity index (χ0) is 22.7. The number of anilines is 1. The van der Waals surface area contributed by atoms with Gasteiger partial charge in [-0.15, -0.1) is 10.2 Å². The van der Waals surface area contributed by atoms with Gasteiger partial charge in [0.1, 0.15) is 0 Å². The normalized spacial score (nSPS) is 11.3. The lowest BCUT2D eigenvalue weighted by Gasteiger charge is -2.11. The van der Waals surface area contributed by atoms with Crippen molar-refractivity contribution in [2.45, 2.75) is 32.0 Å². The Labute approximate surface area is 189 Å². The molecule has 4 aromatic rings. The molecule has 0 radical (unpaired) electrons. The molecule has 2 aromatic carbocycles. The second-order valence-electron chi connectivity index (χ2n) is 7.52. The van der Waals surface area contributed by atoms with Crippen LogP contribution in [0.1, 0.15) is 17.5 Å². The Morgan fingerprint density at radius 1 is 1.12 bits per heavy atom.